The molecule has 0 unspecified atom stereocenters. The van der Waals surface area contributed by atoms with Crippen molar-refractivity contribution in [2.24, 2.45) is 0 Å². The summed E-state index contributed by atoms with van der Waals surface area (Å²) in [6, 6.07) is 0. The molecule has 0 heterocycles. The number of likely N-dealkylation sites (N-methyl/N-ethyl adjacent to an activating group) is 1. The predicted octanol–water partition coefficient (Wildman–Crippen LogP) is 0.902. The van der Waals surface area contributed by atoms with Crippen molar-refractivity contribution >= 4 is 9.84 Å². The van der Waals surface area contributed by atoms with E-state index in [0.29, 0.717) is 13.1 Å². The molecule has 5 heteroatoms. The first kappa shape index (κ1) is 15.9. The third-order valence-corrected chi connectivity index (χ3v) is 4.92. The smallest absolute Gasteiger partial charge is 0.156 e. The van der Waals surface area contributed by atoms with Crippen molar-refractivity contribution in [1.82, 2.24) is 4.90 Å². The second kappa shape index (κ2) is 5.02. The Kier molecular flexibility index (Phi) is 4.98. The highest BCUT2D eigenvalue weighted by Gasteiger charge is 2.29. The van der Waals surface area contributed by atoms with Crippen LogP contribution in [0.25, 0.3) is 0 Å². The van der Waals surface area contributed by atoms with Gasteiger partial charge in [-0.15, -0.1) is 0 Å². The van der Waals surface area contributed by atoms with Gasteiger partial charge in [0, 0.05) is 13.1 Å². The van der Waals surface area contributed by atoms with E-state index in [4.69, 9.17) is 0 Å². The molecule has 0 amide bonds. The summed E-state index contributed by atoms with van der Waals surface area (Å²) in [4.78, 5) is 1.84. The molecule has 0 saturated carbocycles. The van der Waals surface area contributed by atoms with E-state index in [1.54, 1.807) is 34.6 Å². The topological polar surface area (TPSA) is 57.6 Å². The molecule has 0 aliphatic rings. The van der Waals surface area contributed by atoms with E-state index < -0.39 is 20.2 Å². The molecule has 0 aromatic rings. The Morgan fingerprint density at radius 3 is 1.88 bits per heavy atom. The molecule has 0 atom stereocenters. The minimum absolute atomic E-state index is 0.128. The summed E-state index contributed by atoms with van der Waals surface area (Å²) in [5.41, 5.74) is -0.791. The molecule has 0 aliphatic carbocycles. The van der Waals surface area contributed by atoms with E-state index in [0.717, 1.165) is 0 Å². The predicted molar refractivity (Wildman–Crippen MR) is 67.3 cm³/mol. The Balaban J connectivity index is 4.28. The summed E-state index contributed by atoms with van der Waals surface area (Å²) in [6.07, 6.45) is 0. The van der Waals surface area contributed by atoms with Crippen LogP contribution >= 0.6 is 0 Å². The lowest BCUT2D eigenvalue weighted by Crippen LogP contribution is -2.40. The SMILES string of the molecule is CN(CCS(=O)(=O)C(C)(C)C)CC(C)(C)O. The van der Waals surface area contributed by atoms with E-state index in [-0.39, 0.29) is 5.75 Å². The van der Waals surface area contributed by atoms with Gasteiger partial charge in [0.15, 0.2) is 9.84 Å². The molecule has 0 spiro atoms. The number of hydrogen-bond acceptors (Lipinski definition) is 4. The van der Waals surface area contributed by atoms with Crippen LogP contribution in [-0.4, -0.2) is 54.7 Å². The van der Waals surface area contributed by atoms with Gasteiger partial charge in [-0.1, -0.05) is 0 Å². The maximum Gasteiger partial charge on any atom is 0.156 e. The van der Waals surface area contributed by atoms with Crippen LogP contribution in [-0.2, 0) is 9.84 Å². The van der Waals surface area contributed by atoms with Crippen molar-refractivity contribution in [3.05, 3.63) is 0 Å². The zero-order valence-electron chi connectivity index (χ0n) is 11.2. The lowest BCUT2D eigenvalue weighted by molar-refractivity contribution is 0.0463. The lowest BCUT2D eigenvalue weighted by Gasteiger charge is -2.26. The monoisotopic (exact) mass is 251 g/mol. The fourth-order valence-corrected chi connectivity index (χ4v) is 2.49. The lowest BCUT2D eigenvalue weighted by atomic mass is 10.1. The van der Waals surface area contributed by atoms with Gasteiger partial charge in [0.05, 0.1) is 16.1 Å². The third kappa shape index (κ3) is 5.82. The zero-order valence-corrected chi connectivity index (χ0v) is 12.1. The fourth-order valence-electron chi connectivity index (χ4n) is 1.32. The second-order valence-electron chi connectivity index (χ2n) is 5.98. The van der Waals surface area contributed by atoms with Crippen LogP contribution in [0.3, 0.4) is 0 Å². The molecule has 0 fully saturated rings. The summed E-state index contributed by atoms with van der Waals surface area (Å²) < 4.78 is 23.0. The van der Waals surface area contributed by atoms with Crippen LogP contribution < -0.4 is 0 Å². The van der Waals surface area contributed by atoms with Gasteiger partial charge in [-0.25, -0.2) is 8.42 Å². The van der Waals surface area contributed by atoms with Crippen molar-refractivity contribution in [2.75, 3.05) is 25.9 Å². The molecule has 0 radical (unpaired) electrons. The van der Waals surface area contributed by atoms with Gasteiger partial charge >= 0.3 is 0 Å². The molecular weight excluding hydrogens is 226 g/mol. The number of aliphatic hydroxyl groups is 1. The fraction of sp³-hybridized carbons (Fsp3) is 1.00. The van der Waals surface area contributed by atoms with E-state index >= 15 is 0 Å². The van der Waals surface area contributed by atoms with Crippen LogP contribution in [0.2, 0.25) is 0 Å². The van der Waals surface area contributed by atoms with Crippen molar-refractivity contribution in [3.63, 3.8) is 0 Å². The average Bonchev–Trinajstić information content (AvgIpc) is 1.95. The van der Waals surface area contributed by atoms with Gasteiger partial charge in [0.1, 0.15) is 0 Å². The average molecular weight is 251 g/mol. The van der Waals surface area contributed by atoms with Crippen LogP contribution in [0.4, 0.5) is 0 Å². The van der Waals surface area contributed by atoms with Crippen molar-refractivity contribution in [3.8, 4) is 0 Å². The van der Waals surface area contributed by atoms with Crippen molar-refractivity contribution < 1.29 is 13.5 Å². The highest BCUT2D eigenvalue weighted by Crippen LogP contribution is 2.16. The first-order valence-corrected chi connectivity index (χ1v) is 7.14. The highest BCUT2D eigenvalue weighted by molar-refractivity contribution is 7.92. The molecular formula is C11H25NO3S. The number of sulfone groups is 1. The Morgan fingerprint density at radius 2 is 1.56 bits per heavy atom. The molecule has 4 nitrogen and oxygen atoms in total. The maximum atomic E-state index is 11.8. The minimum atomic E-state index is -3.07. The first-order chi connectivity index (χ1) is 6.85. The van der Waals surface area contributed by atoms with Crippen LogP contribution in [0.5, 0.6) is 0 Å². The molecule has 0 rings (SSSR count). The van der Waals surface area contributed by atoms with Crippen molar-refractivity contribution in [2.45, 2.75) is 45.0 Å². The Morgan fingerprint density at radius 1 is 1.12 bits per heavy atom. The molecule has 0 aromatic heterocycles. The Hall–Kier alpha value is -0.130. The Bertz CT molecular complexity index is 309. The first-order valence-electron chi connectivity index (χ1n) is 5.48. The molecule has 0 aromatic carbocycles. The highest BCUT2D eigenvalue weighted by atomic mass is 32.2. The third-order valence-electron chi connectivity index (χ3n) is 2.33. The van der Waals surface area contributed by atoms with Gasteiger partial charge in [0.25, 0.3) is 0 Å². The van der Waals surface area contributed by atoms with Gasteiger partial charge < -0.3 is 10.0 Å². The van der Waals surface area contributed by atoms with Gasteiger partial charge in [-0.05, 0) is 41.7 Å². The summed E-state index contributed by atoms with van der Waals surface area (Å²) in [5.74, 6) is 0.128. The molecule has 0 bridgehead atoms. The summed E-state index contributed by atoms with van der Waals surface area (Å²) in [5, 5.41) is 9.59. The van der Waals surface area contributed by atoms with E-state index in [1.807, 2.05) is 11.9 Å². The second-order valence-corrected chi connectivity index (χ2v) is 8.84. The Labute approximate surface area is 99.6 Å². The van der Waals surface area contributed by atoms with E-state index in [1.165, 1.54) is 0 Å². The van der Waals surface area contributed by atoms with E-state index in [9.17, 15) is 13.5 Å². The summed E-state index contributed by atoms with van der Waals surface area (Å²) in [7, 11) is -1.26. The minimum Gasteiger partial charge on any atom is -0.389 e. The van der Waals surface area contributed by atoms with Crippen LogP contribution in [0, 0.1) is 0 Å². The molecule has 0 aliphatic heterocycles. The van der Waals surface area contributed by atoms with Crippen LogP contribution in [0.1, 0.15) is 34.6 Å². The molecule has 1 N–H and O–H groups in total. The normalized spacial score (nSPS) is 14.5. The maximum absolute atomic E-state index is 11.8. The standard InChI is InChI=1S/C11H25NO3S/c1-10(2,3)16(14,15)8-7-12(6)9-11(4,5)13/h13H,7-9H2,1-6H3. The number of nitrogens with zero attached hydrogens (tertiary/aromatic N) is 1. The molecule has 98 valence electrons. The van der Waals surface area contributed by atoms with Gasteiger partial charge in [0.2, 0.25) is 0 Å². The molecule has 16 heavy (non-hydrogen) atoms. The van der Waals surface area contributed by atoms with Crippen LogP contribution in [0.15, 0.2) is 0 Å². The van der Waals surface area contributed by atoms with Gasteiger partial charge in [-0.2, -0.15) is 0 Å². The number of hydrogen-bond donors (Lipinski definition) is 1. The summed E-state index contributed by atoms with van der Waals surface area (Å²) >= 11 is 0. The summed E-state index contributed by atoms with van der Waals surface area (Å²) in [6.45, 7) is 9.45. The number of rotatable bonds is 5. The van der Waals surface area contributed by atoms with Crippen molar-refractivity contribution in [1.29, 1.82) is 0 Å². The molecule has 0 saturated heterocycles. The zero-order chi connectivity index (χ0) is 13.2. The van der Waals surface area contributed by atoms with E-state index in [2.05, 4.69) is 0 Å². The quantitative estimate of drug-likeness (QED) is 0.789. The largest absolute Gasteiger partial charge is 0.389 e. The van der Waals surface area contributed by atoms with Gasteiger partial charge in [-0.3, -0.25) is 0 Å².